The molecule has 1 aliphatic carbocycles. The van der Waals surface area contributed by atoms with Crippen molar-refractivity contribution in [2.75, 3.05) is 0 Å². The smallest absolute Gasteiger partial charge is 0.106 e. The lowest BCUT2D eigenvalue weighted by atomic mass is 10.2. The predicted molar refractivity (Wildman–Crippen MR) is 62.2 cm³/mol. The van der Waals surface area contributed by atoms with Crippen molar-refractivity contribution >= 4 is 42.1 Å². The lowest BCUT2D eigenvalue weighted by Gasteiger charge is -1.98. The molecule has 1 aromatic rings. The van der Waals surface area contributed by atoms with Crippen LogP contribution in [0.4, 0.5) is 0 Å². The van der Waals surface area contributed by atoms with Crippen molar-refractivity contribution in [3.05, 3.63) is 33.6 Å². The normalized spacial score (nSPS) is 14.2. The van der Waals surface area contributed by atoms with Gasteiger partial charge in [-0.25, -0.2) is 4.98 Å². The zero-order chi connectivity index (χ0) is 9.42. The summed E-state index contributed by atoms with van der Waals surface area (Å²) in [4.78, 5) is 4.13. The summed E-state index contributed by atoms with van der Waals surface area (Å²) < 4.78 is 1.87. The van der Waals surface area contributed by atoms with Crippen LogP contribution >= 0.6 is 38.5 Å². The number of nitriles is 1. The maximum absolute atomic E-state index is 8.83. The summed E-state index contributed by atoms with van der Waals surface area (Å²) in [6, 6.07) is 4.17. The second-order valence-electron chi connectivity index (χ2n) is 2.75. The summed E-state index contributed by atoms with van der Waals surface area (Å²) in [5, 5.41) is 8.83. The zero-order valence-corrected chi connectivity index (χ0v) is 10.3. The van der Waals surface area contributed by atoms with Gasteiger partial charge in [0.15, 0.2) is 0 Å². The van der Waals surface area contributed by atoms with E-state index in [4.69, 9.17) is 5.26 Å². The van der Waals surface area contributed by atoms with Crippen molar-refractivity contribution in [3.8, 4) is 6.07 Å². The third-order valence-corrected chi connectivity index (χ3v) is 3.62. The van der Waals surface area contributed by atoms with Gasteiger partial charge in [-0.1, -0.05) is 0 Å². The Kier molecular flexibility index (Phi) is 2.39. The number of hydrogen-bond donors (Lipinski definition) is 0. The number of halogens is 2. The van der Waals surface area contributed by atoms with E-state index in [-0.39, 0.29) is 0 Å². The van der Waals surface area contributed by atoms with Gasteiger partial charge in [0.05, 0.1) is 6.07 Å². The van der Waals surface area contributed by atoms with E-state index in [2.05, 4.69) is 49.6 Å². The Bertz CT molecular complexity index is 445. The summed E-state index contributed by atoms with van der Waals surface area (Å²) in [7, 11) is 0. The van der Waals surface area contributed by atoms with Gasteiger partial charge < -0.3 is 0 Å². The van der Waals surface area contributed by atoms with Crippen LogP contribution in [0.2, 0.25) is 0 Å². The largest absolute Gasteiger partial charge is 0.249 e. The molecular formula is C9H4BrIN2. The minimum atomic E-state index is 0.727. The van der Waals surface area contributed by atoms with Gasteiger partial charge >= 0.3 is 0 Å². The molecule has 64 valence electrons. The van der Waals surface area contributed by atoms with Gasteiger partial charge in [-0.05, 0) is 55.7 Å². The fourth-order valence-corrected chi connectivity index (χ4v) is 2.47. The van der Waals surface area contributed by atoms with Gasteiger partial charge in [0.1, 0.15) is 4.60 Å². The molecule has 0 spiro atoms. The fourth-order valence-electron chi connectivity index (χ4n) is 1.32. The van der Waals surface area contributed by atoms with Crippen molar-refractivity contribution in [1.82, 2.24) is 4.98 Å². The molecule has 0 radical (unpaired) electrons. The summed E-state index contributed by atoms with van der Waals surface area (Å²) in [6.45, 7) is 0. The van der Waals surface area contributed by atoms with Crippen molar-refractivity contribution < 1.29 is 0 Å². The monoisotopic (exact) mass is 346 g/mol. The molecule has 0 N–H and O–H groups in total. The molecule has 0 amide bonds. The predicted octanol–water partition coefficient (Wildman–Crippen LogP) is 3.07. The molecule has 2 rings (SSSR count). The van der Waals surface area contributed by atoms with Crippen LogP contribution < -0.4 is 0 Å². The van der Waals surface area contributed by atoms with E-state index < -0.39 is 0 Å². The molecule has 0 saturated heterocycles. The van der Waals surface area contributed by atoms with Gasteiger partial charge in [0, 0.05) is 21.8 Å². The van der Waals surface area contributed by atoms with E-state index in [0.717, 1.165) is 31.3 Å². The number of aromatic nitrogens is 1. The summed E-state index contributed by atoms with van der Waals surface area (Å²) in [5.41, 5.74) is 3.12. The van der Waals surface area contributed by atoms with Crippen LogP contribution in [0, 0.1) is 11.3 Å². The molecule has 0 aliphatic heterocycles. The van der Waals surface area contributed by atoms with E-state index in [1.165, 1.54) is 0 Å². The molecule has 4 heteroatoms. The first-order chi connectivity index (χ1) is 6.22. The van der Waals surface area contributed by atoms with Crippen LogP contribution in [0.15, 0.2) is 22.4 Å². The van der Waals surface area contributed by atoms with E-state index in [1.54, 1.807) is 0 Å². The molecular weight excluding hydrogens is 343 g/mol. The lowest BCUT2D eigenvalue weighted by molar-refractivity contribution is 1.16. The minimum absolute atomic E-state index is 0.727. The van der Waals surface area contributed by atoms with E-state index >= 15 is 0 Å². The first-order valence-electron chi connectivity index (χ1n) is 3.66. The lowest BCUT2D eigenvalue weighted by Crippen LogP contribution is -1.85. The van der Waals surface area contributed by atoms with Gasteiger partial charge in [-0.15, -0.1) is 0 Å². The number of nitrogens with zero attached hydrogens (tertiary/aromatic N) is 2. The highest BCUT2D eigenvalue weighted by Gasteiger charge is 2.19. The van der Waals surface area contributed by atoms with Gasteiger partial charge in [0.25, 0.3) is 0 Å². The zero-order valence-electron chi connectivity index (χ0n) is 6.51. The SMILES string of the molecule is N#CC1=C(I)c2cc(Br)ncc2C1. The van der Waals surface area contributed by atoms with E-state index in [0.29, 0.717) is 0 Å². The standard InChI is InChI=1S/C9H4BrIN2/c10-8-2-7-6(4-13-8)1-5(3-12)9(7)11/h2,4H,1H2. The van der Waals surface area contributed by atoms with Crippen LogP contribution in [0.5, 0.6) is 0 Å². The van der Waals surface area contributed by atoms with E-state index in [1.807, 2.05) is 12.3 Å². The van der Waals surface area contributed by atoms with Crippen LogP contribution in [0.3, 0.4) is 0 Å². The highest BCUT2D eigenvalue weighted by atomic mass is 127. The quantitative estimate of drug-likeness (QED) is 0.534. The van der Waals surface area contributed by atoms with Gasteiger partial charge in [0.2, 0.25) is 0 Å². The van der Waals surface area contributed by atoms with Gasteiger partial charge in [-0.2, -0.15) is 5.26 Å². The molecule has 1 aliphatic rings. The second kappa shape index (κ2) is 3.39. The summed E-state index contributed by atoms with van der Waals surface area (Å²) in [5.74, 6) is 0. The van der Waals surface area contributed by atoms with Crippen LogP contribution in [-0.4, -0.2) is 4.98 Å². The molecule has 0 saturated carbocycles. The second-order valence-corrected chi connectivity index (χ2v) is 4.64. The highest BCUT2D eigenvalue weighted by molar-refractivity contribution is 14.1. The Labute approximate surface area is 97.9 Å². The number of fused-ring (bicyclic) bond motifs is 1. The third-order valence-electron chi connectivity index (χ3n) is 1.96. The average molecular weight is 347 g/mol. The Hall–Kier alpha value is -0.410. The average Bonchev–Trinajstić information content (AvgIpc) is 2.44. The van der Waals surface area contributed by atoms with Crippen LogP contribution in [0.25, 0.3) is 3.58 Å². The molecule has 0 fully saturated rings. The number of rotatable bonds is 0. The number of pyridine rings is 1. The fraction of sp³-hybridized carbons (Fsp3) is 0.111. The number of hydrogen-bond acceptors (Lipinski definition) is 2. The van der Waals surface area contributed by atoms with Crippen LogP contribution in [0.1, 0.15) is 11.1 Å². The van der Waals surface area contributed by atoms with Crippen molar-refractivity contribution in [1.29, 1.82) is 5.26 Å². The highest BCUT2D eigenvalue weighted by Crippen LogP contribution is 2.37. The summed E-state index contributed by atoms with van der Waals surface area (Å²) in [6.07, 6.45) is 2.55. The molecule has 13 heavy (non-hydrogen) atoms. The Balaban J connectivity index is 2.60. The number of allylic oxidation sites excluding steroid dienone is 1. The molecule has 0 atom stereocenters. The molecule has 0 bridgehead atoms. The first-order valence-corrected chi connectivity index (χ1v) is 5.53. The third kappa shape index (κ3) is 1.51. The van der Waals surface area contributed by atoms with Crippen molar-refractivity contribution in [3.63, 3.8) is 0 Å². The maximum atomic E-state index is 8.83. The summed E-state index contributed by atoms with van der Waals surface area (Å²) >= 11 is 5.52. The Morgan fingerprint density at radius 3 is 3.08 bits per heavy atom. The minimum Gasteiger partial charge on any atom is -0.249 e. The van der Waals surface area contributed by atoms with Gasteiger partial charge in [-0.3, -0.25) is 0 Å². The molecule has 0 unspecified atom stereocenters. The first kappa shape index (κ1) is 9.16. The van der Waals surface area contributed by atoms with Crippen LogP contribution in [-0.2, 0) is 6.42 Å². The molecule has 1 aromatic heterocycles. The van der Waals surface area contributed by atoms with Crippen molar-refractivity contribution in [2.24, 2.45) is 0 Å². The topological polar surface area (TPSA) is 36.7 Å². The van der Waals surface area contributed by atoms with Crippen molar-refractivity contribution in [2.45, 2.75) is 6.42 Å². The maximum Gasteiger partial charge on any atom is 0.106 e. The Morgan fingerprint density at radius 2 is 2.38 bits per heavy atom. The van der Waals surface area contributed by atoms with E-state index in [9.17, 15) is 0 Å². The molecule has 1 heterocycles. The molecule has 0 aromatic carbocycles. The Morgan fingerprint density at radius 1 is 1.62 bits per heavy atom. The molecule has 2 nitrogen and oxygen atoms in total.